The number of thioether (sulfide) groups is 1. The summed E-state index contributed by atoms with van der Waals surface area (Å²) in [5, 5.41) is 0.0243. The predicted octanol–water partition coefficient (Wildman–Crippen LogP) is 3.88. The van der Waals surface area contributed by atoms with E-state index in [0.717, 1.165) is 18.4 Å². The van der Waals surface area contributed by atoms with Crippen molar-refractivity contribution in [2.24, 2.45) is 5.92 Å². The minimum absolute atomic E-state index is 0.0243. The number of benzene rings is 1. The number of aryl methyl sites for hydroxylation is 1. The Labute approximate surface area is 148 Å². The van der Waals surface area contributed by atoms with Crippen molar-refractivity contribution >= 4 is 23.6 Å². The highest BCUT2D eigenvalue weighted by Gasteiger charge is 2.43. The molecule has 4 nitrogen and oxygen atoms in total. The molecule has 132 valence electrons. The summed E-state index contributed by atoms with van der Waals surface area (Å²) in [4.78, 5) is 27.3. The van der Waals surface area contributed by atoms with E-state index < -0.39 is 6.04 Å². The zero-order valence-corrected chi connectivity index (χ0v) is 15.8. The van der Waals surface area contributed by atoms with Crippen LogP contribution in [-0.4, -0.2) is 40.6 Å². The molecule has 1 aromatic carbocycles. The first kappa shape index (κ1) is 18.8. The zero-order valence-electron chi connectivity index (χ0n) is 15.0. The SMILES string of the molecule is CCCOC(=O)C1CSC(CC(C)C)N1C(=O)c1ccccc1C. The number of rotatable bonds is 6. The standard InChI is InChI=1S/C19H27NO3S/c1-5-10-23-19(22)16-12-24-17(11-13(2)3)20(16)18(21)15-9-7-6-8-14(15)4/h6-9,13,16-17H,5,10-12H2,1-4H3. The monoisotopic (exact) mass is 349 g/mol. The van der Waals surface area contributed by atoms with Crippen LogP contribution < -0.4 is 0 Å². The van der Waals surface area contributed by atoms with E-state index in [1.54, 1.807) is 16.7 Å². The first-order valence-corrected chi connectivity index (χ1v) is 9.67. The molecule has 0 N–H and O–H groups in total. The Kier molecular flexibility index (Phi) is 6.72. The van der Waals surface area contributed by atoms with Gasteiger partial charge in [0.05, 0.1) is 12.0 Å². The first-order chi connectivity index (χ1) is 11.5. The molecule has 1 amide bonds. The summed E-state index contributed by atoms with van der Waals surface area (Å²) in [7, 11) is 0. The number of hydrogen-bond donors (Lipinski definition) is 0. The lowest BCUT2D eigenvalue weighted by atomic mass is 10.0. The molecule has 0 aromatic heterocycles. The maximum Gasteiger partial charge on any atom is 0.329 e. The molecular formula is C19H27NO3S. The van der Waals surface area contributed by atoms with E-state index >= 15 is 0 Å². The maximum absolute atomic E-state index is 13.2. The van der Waals surface area contributed by atoms with Gasteiger partial charge in [-0.05, 0) is 37.3 Å². The van der Waals surface area contributed by atoms with E-state index in [9.17, 15) is 9.59 Å². The number of carbonyl (C=O) groups is 2. The molecule has 0 spiro atoms. The Balaban J connectivity index is 2.27. The third kappa shape index (κ3) is 4.32. The molecular weight excluding hydrogens is 322 g/mol. The van der Waals surface area contributed by atoms with Crippen LogP contribution in [0.5, 0.6) is 0 Å². The summed E-state index contributed by atoms with van der Waals surface area (Å²) in [6.07, 6.45) is 1.66. The highest BCUT2D eigenvalue weighted by molar-refractivity contribution is 8.00. The molecule has 2 unspecified atom stereocenters. The second-order valence-electron chi connectivity index (χ2n) is 6.63. The Hall–Kier alpha value is -1.49. The predicted molar refractivity (Wildman–Crippen MR) is 98.1 cm³/mol. The van der Waals surface area contributed by atoms with Gasteiger partial charge in [0.1, 0.15) is 6.04 Å². The molecule has 0 saturated carbocycles. The van der Waals surface area contributed by atoms with Crippen molar-refractivity contribution in [1.29, 1.82) is 0 Å². The van der Waals surface area contributed by atoms with Crippen molar-refractivity contribution in [3.63, 3.8) is 0 Å². The third-order valence-electron chi connectivity index (χ3n) is 4.10. The molecule has 2 rings (SSSR count). The quantitative estimate of drug-likeness (QED) is 0.731. The normalized spacial score (nSPS) is 20.5. The summed E-state index contributed by atoms with van der Waals surface area (Å²) in [6.45, 7) is 8.58. The number of amides is 1. The van der Waals surface area contributed by atoms with E-state index in [2.05, 4.69) is 13.8 Å². The molecule has 0 aliphatic carbocycles. The third-order valence-corrected chi connectivity index (χ3v) is 5.41. The fourth-order valence-electron chi connectivity index (χ4n) is 2.85. The Morgan fingerprint density at radius 3 is 2.67 bits per heavy atom. The minimum Gasteiger partial charge on any atom is -0.464 e. The molecule has 1 saturated heterocycles. The Morgan fingerprint density at radius 1 is 1.33 bits per heavy atom. The van der Waals surface area contributed by atoms with Crippen LogP contribution in [0.15, 0.2) is 24.3 Å². The van der Waals surface area contributed by atoms with Crippen LogP contribution in [-0.2, 0) is 9.53 Å². The lowest BCUT2D eigenvalue weighted by Gasteiger charge is -2.29. The molecule has 1 aromatic rings. The van der Waals surface area contributed by atoms with Crippen molar-refractivity contribution in [1.82, 2.24) is 4.90 Å². The number of hydrogen-bond acceptors (Lipinski definition) is 4. The van der Waals surface area contributed by atoms with Gasteiger partial charge in [0.2, 0.25) is 0 Å². The Morgan fingerprint density at radius 2 is 2.04 bits per heavy atom. The highest BCUT2D eigenvalue weighted by Crippen LogP contribution is 2.35. The second-order valence-corrected chi connectivity index (χ2v) is 7.84. The summed E-state index contributed by atoms with van der Waals surface area (Å²) in [6, 6.07) is 7.06. The van der Waals surface area contributed by atoms with Crippen LogP contribution in [0.1, 0.15) is 49.5 Å². The second kappa shape index (κ2) is 8.56. The van der Waals surface area contributed by atoms with Gasteiger partial charge in [-0.1, -0.05) is 39.0 Å². The summed E-state index contributed by atoms with van der Waals surface area (Å²) < 4.78 is 5.33. The van der Waals surface area contributed by atoms with Crippen LogP contribution in [0, 0.1) is 12.8 Å². The number of nitrogens with zero attached hydrogens (tertiary/aromatic N) is 1. The molecule has 1 heterocycles. The first-order valence-electron chi connectivity index (χ1n) is 8.62. The van der Waals surface area contributed by atoms with Gasteiger partial charge in [-0.15, -0.1) is 11.8 Å². The van der Waals surface area contributed by atoms with Gasteiger partial charge >= 0.3 is 5.97 Å². The Bertz CT molecular complexity index is 588. The minimum atomic E-state index is -0.489. The van der Waals surface area contributed by atoms with E-state index in [1.807, 2.05) is 38.1 Å². The van der Waals surface area contributed by atoms with Crippen LogP contribution in [0.3, 0.4) is 0 Å². The van der Waals surface area contributed by atoms with Crippen LogP contribution in [0.4, 0.5) is 0 Å². The van der Waals surface area contributed by atoms with Crippen molar-refractivity contribution < 1.29 is 14.3 Å². The smallest absolute Gasteiger partial charge is 0.329 e. The summed E-state index contributed by atoms with van der Waals surface area (Å²) in [5.74, 6) is 0.720. The van der Waals surface area contributed by atoms with E-state index in [0.29, 0.717) is 23.8 Å². The molecule has 2 atom stereocenters. The van der Waals surface area contributed by atoms with Crippen molar-refractivity contribution in [2.75, 3.05) is 12.4 Å². The van der Waals surface area contributed by atoms with Crippen molar-refractivity contribution in [2.45, 2.75) is 52.0 Å². The molecule has 24 heavy (non-hydrogen) atoms. The summed E-state index contributed by atoms with van der Waals surface area (Å²) >= 11 is 1.68. The van der Waals surface area contributed by atoms with E-state index in [-0.39, 0.29) is 17.3 Å². The molecule has 0 radical (unpaired) electrons. The van der Waals surface area contributed by atoms with E-state index in [1.165, 1.54) is 0 Å². The maximum atomic E-state index is 13.2. The van der Waals surface area contributed by atoms with Gasteiger partial charge < -0.3 is 9.64 Å². The topological polar surface area (TPSA) is 46.6 Å². The van der Waals surface area contributed by atoms with Gasteiger partial charge in [-0.25, -0.2) is 4.79 Å². The van der Waals surface area contributed by atoms with Crippen LogP contribution in [0.25, 0.3) is 0 Å². The fourth-order valence-corrected chi connectivity index (χ4v) is 4.48. The number of esters is 1. The lowest BCUT2D eigenvalue weighted by molar-refractivity contribution is -0.148. The number of carbonyl (C=O) groups excluding carboxylic acids is 2. The molecule has 0 bridgehead atoms. The largest absolute Gasteiger partial charge is 0.464 e. The fraction of sp³-hybridized carbons (Fsp3) is 0.579. The average molecular weight is 349 g/mol. The van der Waals surface area contributed by atoms with Crippen LogP contribution in [0.2, 0.25) is 0 Å². The van der Waals surface area contributed by atoms with Crippen molar-refractivity contribution in [3.8, 4) is 0 Å². The van der Waals surface area contributed by atoms with Gasteiger partial charge in [0.15, 0.2) is 0 Å². The lowest BCUT2D eigenvalue weighted by Crippen LogP contribution is -2.47. The van der Waals surface area contributed by atoms with Gasteiger partial charge in [-0.2, -0.15) is 0 Å². The van der Waals surface area contributed by atoms with E-state index in [4.69, 9.17) is 4.74 Å². The summed E-state index contributed by atoms with van der Waals surface area (Å²) in [5.41, 5.74) is 1.60. The molecule has 1 aliphatic rings. The highest BCUT2D eigenvalue weighted by atomic mass is 32.2. The van der Waals surface area contributed by atoms with Gasteiger partial charge in [-0.3, -0.25) is 4.79 Å². The van der Waals surface area contributed by atoms with Gasteiger partial charge in [0, 0.05) is 11.3 Å². The van der Waals surface area contributed by atoms with Gasteiger partial charge in [0.25, 0.3) is 5.91 Å². The molecule has 1 aliphatic heterocycles. The zero-order chi connectivity index (χ0) is 17.7. The van der Waals surface area contributed by atoms with Crippen molar-refractivity contribution in [3.05, 3.63) is 35.4 Å². The average Bonchev–Trinajstić information content (AvgIpc) is 2.95. The number of ether oxygens (including phenoxy) is 1. The molecule has 5 heteroatoms. The van der Waals surface area contributed by atoms with Crippen LogP contribution >= 0.6 is 11.8 Å². The molecule has 1 fully saturated rings.